The van der Waals surface area contributed by atoms with Crippen LogP contribution in [0.1, 0.15) is 46.0 Å². The Morgan fingerprint density at radius 3 is 2.26 bits per heavy atom. The van der Waals surface area contributed by atoms with E-state index in [1.165, 1.54) is 0 Å². The molecular formula is C19H28N2O2. The molecular weight excluding hydrogens is 288 g/mol. The smallest absolute Gasteiger partial charge is 0.229 e. The molecule has 126 valence electrons. The summed E-state index contributed by atoms with van der Waals surface area (Å²) < 4.78 is 0. The number of rotatable bonds is 5. The standard InChI is InChI=1S/C19H28N2O2/c1-4-14(2)20-18(22)15-10-12-16(13-11-15)19(23)21(3)17-8-6-5-7-9-17/h5-9,14-16H,4,10-13H2,1-3H3,(H,20,22). The molecule has 0 heterocycles. The Balaban J connectivity index is 1.86. The molecule has 1 aliphatic rings. The molecule has 1 saturated carbocycles. The molecule has 1 aromatic rings. The SMILES string of the molecule is CCC(C)NC(=O)C1CCC(C(=O)N(C)c2ccccc2)CC1. The van der Waals surface area contributed by atoms with E-state index in [2.05, 4.69) is 12.2 Å². The van der Waals surface area contributed by atoms with Gasteiger partial charge in [0.1, 0.15) is 0 Å². The fourth-order valence-corrected chi connectivity index (χ4v) is 3.12. The summed E-state index contributed by atoms with van der Waals surface area (Å²) in [6.07, 6.45) is 4.16. The summed E-state index contributed by atoms with van der Waals surface area (Å²) >= 11 is 0. The molecule has 2 amide bonds. The predicted octanol–water partition coefficient (Wildman–Crippen LogP) is 3.37. The average molecular weight is 316 g/mol. The maximum atomic E-state index is 12.6. The fourth-order valence-electron chi connectivity index (χ4n) is 3.12. The van der Waals surface area contributed by atoms with Gasteiger partial charge in [0, 0.05) is 30.6 Å². The van der Waals surface area contributed by atoms with Crippen molar-refractivity contribution in [3.8, 4) is 0 Å². The third-order valence-electron chi connectivity index (χ3n) is 4.92. The number of hydrogen-bond acceptors (Lipinski definition) is 2. The number of para-hydroxylation sites is 1. The van der Waals surface area contributed by atoms with Crippen LogP contribution in [0.15, 0.2) is 30.3 Å². The molecule has 4 heteroatoms. The minimum atomic E-state index is 0.0351. The normalized spacial score (nSPS) is 22.2. The molecule has 0 aliphatic heterocycles. The van der Waals surface area contributed by atoms with E-state index in [1.807, 2.05) is 44.3 Å². The summed E-state index contributed by atoms with van der Waals surface area (Å²) in [6, 6.07) is 9.95. The Labute approximate surface area is 139 Å². The summed E-state index contributed by atoms with van der Waals surface area (Å²) in [5, 5.41) is 3.06. The molecule has 4 nitrogen and oxygen atoms in total. The van der Waals surface area contributed by atoms with Crippen LogP contribution in [0.5, 0.6) is 0 Å². The van der Waals surface area contributed by atoms with Gasteiger partial charge in [-0.1, -0.05) is 25.1 Å². The van der Waals surface area contributed by atoms with Crippen molar-refractivity contribution in [3.63, 3.8) is 0 Å². The van der Waals surface area contributed by atoms with Gasteiger partial charge in [-0.15, -0.1) is 0 Å². The van der Waals surface area contributed by atoms with Crippen LogP contribution in [0.4, 0.5) is 5.69 Å². The van der Waals surface area contributed by atoms with Crippen LogP contribution in [0, 0.1) is 11.8 Å². The van der Waals surface area contributed by atoms with Crippen molar-refractivity contribution in [3.05, 3.63) is 30.3 Å². The second kappa shape index (κ2) is 8.14. The lowest BCUT2D eigenvalue weighted by atomic mass is 9.80. The van der Waals surface area contributed by atoms with E-state index in [9.17, 15) is 9.59 Å². The summed E-state index contributed by atoms with van der Waals surface area (Å²) in [6.45, 7) is 4.10. The van der Waals surface area contributed by atoms with Crippen molar-refractivity contribution in [2.24, 2.45) is 11.8 Å². The zero-order valence-corrected chi connectivity index (χ0v) is 14.4. The Bertz CT molecular complexity index is 521. The second-order valence-electron chi connectivity index (χ2n) is 6.60. The quantitative estimate of drug-likeness (QED) is 0.905. The highest BCUT2D eigenvalue weighted by Crippen LogP contribution is 2.31. The molecule has 1 aromatic carbocycles. The topological polar surface area (TPSA) is 49.4 Å². The van der Waals surface area contributed by atoms with Crippen LogP contribution in [0.3, 0.4) is 0 Å². The molecule has 0 radical (unpaired) electrons. The molecule has 1 atom stereocenters. The van der Waals surface area contributed by atoms with Crippen molar-refractivity contribution < 1.29 is 9.59 Å². The van der Waals surface area contributed by atoms with Crippen LogP contribution in [-0.2, 0) is 9.59 Å². The van der Waals surface area contributed by atoms with Gasteiger partial charge in [-0.25, -0.2) is 0 Å². The van der Waals surface area contributed by atoms with Gasteiger partial charge in [0.05, 0.1) is 0 Å². The van der Waals surface area contributed by atoms with Gasteiger partial charge in [0.2, 0.25) is 11.8 Å². The molecule has 0 spiro atoms. The lowest BCUT2D eigenvalue weighted by Gasteiger charge is -2.30. The third kappa shape index (κ3) is 4.57. The zero-order chi connectivity index (χ0) is 16.8. The van der Waals surface area contributed by atoms with E-state index >= 15 is 0 Å². The molecule has 0 saturated heterocycles. The summed E-state index contributed by atoms with van der Waals surface area (Å²) in [5.74, 6) is 0.418. The number of carbonyl (C=O) groups excluding carboxylic acids is 2. The van der Waals surface area contributed by atoms with E-state index < -0.39 is 0 Å². The first-order chi connectivity index (χ1) is 11.0. The van der Waals surface area contributed by atoms with Gasteiger partial charge in [-0.05, 0) is 51.2 Å². The highest BCUT2D eigenvalue weighted by molar-refractivity contribution is 5.94. The van der Waals surface area contributed by atoms with Crippen LogP contribution >= 0.6 is 0 Å². The number of benzene rings is 1. The lowest BCUT2D eigenvalue weighted by Crippen LogP contribution is -2.40. The van der Waals surface area contributed by atoms with Crippen molar-refractivity contribution in [2.45, 2.75) is 52.0 Å². The summed E-state index contributed by atoms with van der Waals surface area (Å²) in [7, 11) is 1.83. The van der Waals surface area contributed by atoms with E-state index in [0.29, 0.717) is 0 Å². The van der Waals surface area contributed by atoms with Crippen molar-refractivity contribution >= 4 is 17.5 Å². The lowest BCUT2D eigenvalue weighted by molar-refractivity contribution is -0.129. The monoisotopic (exact) mass is 316 g/mol. The Morgan fingerprint density at radius 1 is 1.13 bits per heavy atom. The van der Waals surface area contributed by atoms with Crippen molar-refractivity contribution in [1.82, 2.24) is 5.32 Å². The minimum Gasteiger partial charge on any atom is -0.353 e. The van der Waals surface area contributed by atoms with Crippen molar-refractivity contribution in [2.75, 3.05) is 11.9 Å². The molecule has 1 fully saturated rings. The van der Waals surface area contributed by atoms with Crippen LogP contribution < -0.4 is 10.2 Å². The van der Waals surface area contributed by atoms with E-state index in [4.69, 9.17) is 0 Å². The van der Waals surface area contributed by atoms with Gasteiger partial charge < -0.3 is 10.2 Å². The molecule has 1 unspecified atom stereocenters. The molecule has 23 heavy (non-hydrogen) atoms. The number of hydrogen-bond donors (Lipinski definition) is 1. The fraction of sp³-hybridized carbons (Fsp3) is 0.579. The Morgan fingerprint density at radius 2 is 1.70 bits per heavy atom. The number of nitrogens with zero attached hydrogens (tertiary/aromatic N) is 1. The van der Waals surface area contributed by atoms with Crippen LogP contribution in [0.2, 0.25) is 0 Å². The summed E-state index contributed by atoms with van der Waals surface area (Å²) in [5.41, 5.74) is 0.925. The van der Waals surface area contributed by atoms with Gasteiger partial charge >= 0.3 is 0 Å². The number of carbonyl (C=O) groups is 2. The zero-order valence-electron chi connectivity index (χ0n) is 14.4. The molecule has 0 bridgehead atoms. The van der Waals surface area contributed by atoms with Crippen LogP contribution in [-0.4, -0.2) is 24.9 Å². The first-order valence-electron chi connectivity index (χ1n) is 8.66. The summed E-state index contributed by atoms with van der Waals surface area (Å²) in [4.78, 5) is 26.6. The molecule has 0 aromatic heterocycles. The average Bonchev–Trinajstić information content (AvgIpc) is 2.61. The first-order valence-corrected chi connectivity index (χ1v) is 8.66. The maximum absolute atomic E-state index is 12.6. The van der Waals surface area contributed by atoms with E-state index in [-0.39, 0.29) is 29.7 Å². The Hall–Kier alpha value is -1.84. The van der Waals surface area contributed by atoms with Gasteiger partial charge in [-0.2, -0.15) is 0 Å². The third-order valence-corrected chi connectivity index (χ3v) is 4.92. The van der Waals surface area contributed by atoms with Crippen molar-refractivity contribution in [1.29, 1.82) is 0 Å². The second-order valence-corrected chi connectivity index (χ2v) is 6.60. The van der Waals surface area contributed by atoms with E-state index in [0.717, 1.165) is 37.8 Å². The number of amides is 2. The number of nitrogens with one attached hydrogen (secondary N) is 1. The highest BCUT2D eigenvalue weighted by atomic mass is 16.2. The molecule has 2 rings (SSSR count). The molecule has 1 N–H and O–H groups in total. The van der Waals surface area contributed by atoms with Gasteiger partial charge in [0.25, 0.3) is 0 Å². The minimum absolute atomic E-state index is 0.0351. The largest absolute Gasteiger partial charge is 0.353 e. The van der Waals surface area contributed by atoms with Gasteiger partial charge in [0.15, 0.2) is 0 Å². The molecule has 1 aliphatic carbocycles. The van der Waals surface area contributed by atoms with Crippen LogP contribution in [0.25, 0.3) is 0 Å². The predicted molar refractivity (Wildman–Crippen MR) is 93.2 cm³/mol. The number of anilines is 1. The Kier molecular flexibility index (Phi) is 6.20. The maximum Gasteiger partial charge on any atom is 0.229 e. The first kappa shape index (κ1) is 17.5. The van der Waals surface area contributed by atoms with Gasteiger partial charge in [-0.3, -0.25) is 9.59 Å². The highest BCUT2D eigenvalue weighted by Gasteiger charge is 2.31. The van der Waals surface area contributed by atoms with E-state index in [1.54, 1.807) is 4.90 Å².